The molecule has 1 aromatic carbocycles. The Morgan fingerprint density at radius 3 is 2.80 bits per heavy atom. The Morgan fingerprint density at radius 2 is 2.25 bits per heavy atom. The van der Waals surface area contributed by atoms with E-state index in [1.54, 1.807) is 18.2 Å². The first-order valence-electron chi connectivity index (χ1n) is 6.47. The van der Waals surface area contributed by atoms with Crippen LogP contribution < -0.4 is 4.74 Å². The molecule has 4 nitrogen and oxygen atoms in total. The molecule has 1 aromatic rings. The molecule has 0 bridgehead atoms. The Kier molecular flexibility index (Phi) is 7.34. The topological polar surface area (TPSA) is 49.8 Å². The van der Waals surface area contributed by atoms with Gasteiger partial charge in [-0.05, 0) is 47.5 Å². The van der Waals surface area contributed by atoms with Gasteiger partial charge in [0.2, 0.25) is 0 Å². The van der Waals surface area contributed by atoms with Crippen LogP contribution in [0.25, 0.3) is 0 Å². The van der Waals surface area contributed by atoms with E-state index in [0.717, 1.165) is 10.9 Å². The molecule has 1 N–H and O–H groups in total. The maximum Gasteiger partial charge on any atom is 0.317 e. The summed E-state index contributed by atoms with van der Waals surface area (Å²) in [5, 5.41) is 9.55. The first-order chi connectivity index (χ1) is 9.43. The van der Waals surface area contributed by atoms with Crippen molar-refractivity contribution >= 4 is 33.5 Å². The highest BCUT2D eigenvalue weighted by Crippen LogP contribution is 2.27. The smallest absolute Gasteiger partial charge is 0.317 e. The Balaban J connectivity index is 2.53. The van der Waals surface area contributed by atoms with Gasteiger partial charge in [-0.15, -0.1) is 0 Å². The molecule has 6 heteroatoms. The van der Waals surface area contributed by atoms with Crippen molar-refractivity contribution in [2.75, 3.05) is 19.7 Å². The normalized spacial score (nSPS) is 12.4. The average Bonchev–Trinajstić information content (AvgIpc) is 2.38. The van der Waals surface area contributed by atoms with Crippen LogP contribution in [0, 0.1) is 0 Å². The van der Waals surface area contributed by atoms with E-state index in [9.17, 15) is 4.79 Å². The SMILES string of the molecule is CCC(C)N(CCOc1ccc(Cl)cc1Br)CC(=O)O. The van der Waals surface area contributed by atoms with Crippen molar-refractivity contribution in [3.63, 3.8) is 0 Å². The Bertz CT molecular complexity index is 456. The van der Waals surface area contributed by atoms with E-state index in [1.165, 1.54) is 0 Å². The van der Waals surface area contributed by atoms with Gasteiger partial charge in [0.1, 0.15) is 12.4 Å². The molecule has 20 heavy (non-hydrogen) atoms. The molecule has 0 radical (unpaired) electrons. The number of halogens is 2. The van der Waals surface area contributed by atoms with Crippen LogP contribution in [-0.2, 0) is 4.79 Å². The quantitative estimate of drug-likeness (QED) is 0.764. The first kappa shape index (κ1) is 17.3. The van der Waals surface area contributed by atoms with Gasteiger partial charge in [0.05, 0.1) is 11.0 Å². The van der Waals surface area contributed by atoms with Crippen LogP contribution in [0.4, 0.5) is 0 Å². The summed E-state index contributed by atoms with van der Waals surface area (Å²) in [6.07, 6.45) is 0.901. The minimum atomic E-state index is -0.821. The lowest BCUT2D eigenvalue weighted by Crippen LogP contribution is -2.39. The largest absolute Gasteiger partial charge is 0.491 e. The van der Waals surface area contributed by atoms with Gasteiger partial charge >= 0.3 is 5.97 Å². The summed E-state index contributed by atoms with van der Waals surface area (Å²) in [5.41, 5.74) is 0. The van der Waals surface area contributed by atoms with Gasteiger partial charge < -0.3 is 9.84 Å². The molecular formula is C14H19BrClNO3. The van der Waals surface area contributed by atoms with Crippen LogP contribution >= 0.6 is 27.5 Å². The van der Waals surface area contributed by atoms with Crippen molar-refractivity contribution in [1.82, 2.24) is 4.90 Å². The van der Waals surface area contributed by atoms with Crippen LogP contribution in [-0.4, -0.2) is 41.7 Å². The minimum Gasteiger partial charge on any atom is -0.491 e. The van der Waals surface area contributed by atoms with Gasteiger partial charge in [0.25, 0.3) is 0 Å². The highest BCUT2D eigenvalue weighted by molar-refractivity contribution is 9.10. The van der Waals surface area contributed by atoms with E-state index in [4.69, 9.17) is 21.4 Å². The summed E-state index contributed by atoms with van der Waals surface area (Å²) < 4.78 is 6.45. The number of carboxylic acids is 1. The zero-order valence-electron chi connectivity index (χ0n) is 11.6. The van der Waals surface area contributed by atoms with Crippen LogP contribution in [0.5, 0.6) is 5.75 Å². The number of hydrogen-bond donors (Lipinski definition) is 1. The molecule has 1 atom stereocenters. The summed E-state index contributed by atoms with van der Waals surface area (Å²) in [5.74, 6) is -0.119. The molecule has 0 aliphatic carbocycles. The van der Waals surface area contributed by atoms with Gasteiger partial charge in [0.15, 0.2) is 0 Å². The number of aliphatic carboxylic acids is 1. The predicted octanol–water partition coefficient (Wildman–Crippen LogP) is 3.67. The molecule has 1 rings (SSSR count). The number of hydrogen-bond acceptors (Lipinski definition) is 3. The van der Waals surface area contributed by atoms with Gasteiger partial charge in [-0.2, -0.15) is 0 Å². The fraction of sp³-hybridized carbons (Fsp3) is 0.500. The second-order valence-corrected chi connectivity index (χ2v) is 5.84. The number of nitrogens with zero attached hydrogens (tertiary/aromatic N) is 1. The molecule has 1 unspecified atom stereocenters. The lowest BCUT2D eigenvalue weighted by Gasteiger charge is -2.26. The summed E-state index contributed by atoms with van der Waals surface area (Å²) in [6, 6.07) is 5.52. The van der Waals surface area contributed by atoms with Gasteiger partial charge in [-0.3, -0.25) is 9.69 Å². The molecule has 0 aliphatic rings. The molecule has 0 amide bonds. The fourth-order valence-corrected chi connectivity index (χ4v) is 2.55. The Morgan fingerprint density at radius 1 is 1.55 bits per heavy atom. The number of ether oxygens (including phenoxy) is 1. The van der Waals surface area contributed by atoms with Crippen LogP contribution in [0.15, 0.2) is 22.7 Å². The molecule has 0 aromatic heterocycles. The van der Waals surface area contributed by atoms with Crippen molar-refractivity contribution in [3.05, 3.63) is 27.7 Å². The molecule has 0 aliphatic heterocycles. The van der Waals surface area contributed by atoms with Crippen molar-refractivity contribution in [2.24, 2.45) is 0 Å². The number of carbonyl (C=O) groups is 1. The number of benzene rings is 1. The van der Waals surface area contributed by atoms with E-state index in [0.29, 0.717) is 23.9 Å². The lowest BCUT2D eigenvalue weighted by atomic mass is 10.2. The fourth-order valence-electron chi connectivity index (χ4n) is 1.75. The Labute approximate surface area is 132 Å². The summed E-state index contributed by atoms with van der Waals surface area (Å²) >= 11 is 9.24. The van der Waals surface area contributed by atoms with Crippen molar-refractivity contribution in [2.45, 2.75) is 26.3 Å². The molecule has 0 fully saturated rings. The van der Waals surface area contributed by atoms with Gasteiger partial charge in [-0.1, -0.05) is 18.5 Å². The van der Waals surface area contributed by atoms with Crippen molar-refractivity contribution in [1.29, 1.82) is 0 Å². The van der Waals surface area contributed by atoms with E-state index in [-0.39, 0.29) is 12.6 Å². The van der Waals surface area contributed by atoms with Crippen LogP contribution in [0.1, 0.15) is 20.3 Å². The molecule has 0 spiro atoms. The Hall–Kier alpha value is -0.780. The van der Waals surface area contributed by atoms with E-state index >= 15 is 0 Å². The highest BCUT2D eigenvalue weighted by Gasteiger charge is 2.15. The van der Waals surface area contributed by atoms with E-state index in [1.807, 2.05) is 18.7 Å². The van der Waals surface area contributed by atoms with Crippen molar-refractivity contribution in [3.8, 4) is 5.75 Å². The van der Waals surface area contributed by atoms with Gasteiger partial charge in [0, 0.05) is 17.6 Å². The summed E-state index contributed by atoms with van der Waals surface area (Å²) in [7, 11) is 0. The number of rotatable bonds is 8. The van der Waals surface area contributed by atoms with Gasteiger partial charge in [-0.25, -0.2) is 0 Å². The second kappa shape index (κ2) is 8.49. The average molecular weight is 365 g/mol. The zero-order chi connectivity index (χ0) is 15.1. The standard InChI is InChI=1S/C14H19BrClNO3/c1-3-10(2)17(9-14(18)19)6-7-20-13-5-4-11(16)8-12(13)15/h4-5,8,10H,3,6-7,9H2,1-2H3,(H,18,19). The summed E-state index contributed by atoms with van der Waals surface area (Å²) in [6.45, 7) is 5.08. The van der Waals surface area contributed by atoms with Crippen LogP contribution in [0.2, 0.25) is 5.02 Å². The maximum absolute atomic E-state index is 10.9. The second-order valence-electron chi connectivity index (χ2n) is 4.54. The van der Waals surface area contributed by atoms with Crippen LogP contribution in [0.3, 0.4) is 0 Å². The monoisotopic (exact) mass is 363 g/mol. The zero-order valence-corrected chi connectivity index (χ0v) is 13.9. The molecule has 0 saturated heterocycles. The van der Waals surface area contributed by atoms with Crippen molar-refractivity contribution < 1.29 is 14.6 Å². The minimum absolute atomic E-state index is 0.0279. The lowest BCUT2D eigenvalue weighted by molar-refractivity contribution is -0.139. The molecule has 0 saturated carbocycles. The summed E-state index contributed by atoms with van der Waals surface area (Å²) in [4.78, 5) is 12.7. The maximum atomic E-state index is 10.9. The predicted molar refractivity (Wildman–Crippen MR) is 83.6 cm³/mol. The first-order valence-corrected chi connectivity index (χ1v) is 7.64. The highest BCUT2D eigenvalue weighted by atomic mass is 79.9. The molecular weight excluding hydrogens is 346 g/mol. The third kappa shape index (κ3) is 5.69. The molecule has 112 valence electrons. The van der Waals surface area contributed by atoms with E-state index in [2.05, 4.69) is 15.9 Å². The molecule has 0 heterocycles. The third-order valence-electron chi connectivity index (χ3n) is 3.08. The number of carboxylic acid groups (broad SMARTS) is 1. The van der Waals surface area contributed by atoms with E-state index < -0.39 is 5.97 Å². The third-order valence-corrected chi connectivity index (χ3v) is 3.94.